The molecule has 15 unspecified atom stereocenters. The molecule has 15 atom stereocenters. The highest BCUT2D eigenvalue weighted by molar-refractivity contribution is 5.95. The summed E-state index contributed by atoms with van der Waals surface area (Å²) in [6, 6.07) is 0. The van der Waals surface area contributed by atoms with Crippen LogP contribution in [-0.2, 0) is 9.53 Å². The van der Waals surface area contributed by atoms with Crippen molar-refractivity contribution >= 4 is 5.78 Å². The molecule has 6 fully saturated rings. The number of nitrogens with one attached hydrogen (secondary N) is 1. The van der Waals surface area contributed by atoms with Gasteiger partial charge in [-0.05, 0) is 138 Å². The standard InChI is InChI=1S/C43H72N2O7/c1-38(25-46,17-13-27-16-20-45-34(44)21-27)42(5,50)37-36(52-37)41(4,49)33-15-19-43(51)31-23-32(48)30-22-29(47)14-18-39(30,2)35(31)28(24-40(33,43)3)12-11-26-9-7-6-8-10-26/h23,26-30,33-37,45-47,49-51H,6-22,24-25,44H2,1-5H3. The van der Waals surface area contributed by atoms with E-state index in [0.29, 0.717) is 38.0 Å². The molecular weight excluding hydrogens is 656 g/mol. The lowest BCUT2D eigenvalue weighted by Gasteiger charge is -2.63. The first-order valence-corrected chi connectivity index (χ1v) is 21.3. The smallest absolute Gasteiger partial charge is 0.159 e. The fourth-order valence-corrected chi connectivity index (χ4v) is 13.7. The Kier molecular flexibility index (Phi) is 10.5. The summed E-state index contributed by atoms with van der Waals surface area (Å²) < 4.78 is 6.33. The lowest BCUT2D eigenvalue weighted by molar-refractivity contribution is -0.166. The number of ketones is 1. The maximum atomic E-state index is 14.0. The zero-order valence-corrected chi connectivity index (χ0v) is 32.9. The van der Waals surface area contributed by atoms with Crippen molar-refractivity contribution in [3.05, 3.63) is 11.6 Å². The second-order valence-electron chi connectivity index (χ2n) is 20.4. The fraction of sp³-hybridized carbons (Fsp3) is 0.930. The van der Waals surface area contributed by atoms with E-state index < -0.39 is 45.9 Å². The number of aliphatic hydroxyl groups is 5. The Morgan fingerprint density at radius 3 is 2.37 bits per heavy atom. The number of hydrogen-bond donors (Lipinski definition) is 7. The first-order chi connectivity index (χ1) is 24.4. The summed E-state index contributed by atoms with van der Waals surface area (Å²) in [6.45, 7) is 10.6. The molecule has 7 aliphatic rings. The van der Waals surface area contributed by atoms with Gasteiger partial charge in [0.2, 0.25) is 0 Å². The van der Waals surface area contributed by atoms with Crippen molar-refractivity contribution in [2.45, 2.75) is 185 Å². The summed E-state index contributed by atoms with van der Waals surface area (Å²) in [4.78, 5) is 14.0. The van der Waals surface area contributed by atoms with Gasteiger partial charge in [-0.2, -0.15) is 0 Å². The zero-order valence-electron chi connectivity index (χ0n) is 32.9. The summed E-state index contributed by atoms with van der Waals surface area (Å²) in [7, 11) is 0. The molecule has 9 heteroatoms. The van der Waals surface area contributed by atoms with Gasteiger partial charge in [-0.1, -0.05) is 59.3 Å². The number of fused-ring (bicyclic) bond motifs is 5. The molecule has 2 heterocycles. The minimum Gasteiger partial charge on any atom is -0.396 e. The van der Waals surface area contributed by atoms with Crippen LogP contribution in [0.5, 0.6) is 0 Å². The van der Waals surface area contributed by atoms with Crippen molar-refractivity contribution in [2.75, 3.05) is 13.2 Å². The van der Waals surface area contributed by atoms with Gasteiger partial charge in [0.25, 0.3) is 0 Å². The summed E-state index contributed by atoms with van der Waals surface area (Å²) >= 11 is 0. The van der Waals surface area contributed by atoms with Crippen LogP contribution in [0.4, 0.5) is 0 Å². The van der Waals surface area contributed by atoms with E-state index in [0.717, 1.165) is 63.0 Å². The van der Waals surface area contributed by atoms with Crippen LogP contribution in [0.25, 0.3) is 0 Å². The summed E-state index contributed by atoms with van der Waals surface area (Å²) in [5, 5.41) is 62.7. The first kappa shape index (κ1) is 39.3. The maximum Gasteiger partial charge on any atom is 0.159 e. The maximum absolute atomic E-state index is 14.0. The number of carbonyl (C=O) groups excluding carboxylic acids is 1. The molecular formula is C43H72N2O7. The van der Waals surface area contributed by atoms with Gasteiger partial charge in [-0.15, -0.1) is 0 Å². The Hall–Kier alpha value is -0.910. The largest absolute Gasteiger partial charge is 0.396 e. The molecule has 0 aromatic carbocycles. The molecule has 4 saturated carbocycles. The van der Waals surface area contributed by atoms with E-state index in [-0.39, 0.29) is 47.6 Å². The van der Waals surface area contributed by atoms with Crippen LogP contribution in [0.2, 0.25) is 0 Å². The zero-order chi connectivity index (χ0) is 37.5. The molecule has 9 nitrogen and oxygen atoms in total. The van der Waals surface area contributed by atoms with Crippen LogP contribution in [0.15, 0.2) is 11.6 Å². The number of hydrogen-bond acceptors (Lipinski definition) is 9. The fourth-order valence-electron chi connectivity index (χ4n) is 13.7. The van der Waals surface area contributed by atoms with E-state index in [1.54, 1.807) is 13.0 Å². The molecule has 296 valence electrons. The third-order valence-corrected chi connectivity index (χ3v) is 17.4. The van der Waals surface area contributed by atoms with Crippen molar-refractivity contribution in [2.24, 2.45) is 57.5 Å². The Labute approximate surface area is 312 Å². The Balaban J connectivity index is 1.16. The Bertz CT molecular complexity index is 1360. The minimum absolute atomic E-state index is 0.0263. The topological polar surface area (TPSA) is 169 Å². The van der Waals surface area contributed by atoms with E-state index in [2.05, 4.69) is 19.2 Å². The Morgan fingerprint density at radius 2 is 1.67 bits per heavy atom. The average Bonchev–Trinajstić information content (AvgIpc) is 3.88. The van der Waals surface area contributed by atoms with Gasteiger partial charge in [0.1, 0.15) is 12.2 Å². The van der Waals surface area contributed by atoms with E-state index >= 15 is 0 Å². The third kappa shape index (κ3) is 6.31. The molecule has 0 spiro atoms. The van der Waals surface area contributed by atoms with Crippen LogP contribution in [0.1, 0.15) is 144 Å². The highest BCUT2D eigenvalue weighted by atomic mass is 16.6. The first-order valence-electron chi connectivity index (χ1n) is 21.3. The van der Waals surface area contributed by atoms with E-state index in [4.69, 9.17) is 10.5 Å². The number of ether oxygens (including phenoxy) is 1. The monoisotopic (exact) mass is 729 g/mol. The predicted molar refractivity (Wildman–Crippen MR) is 201 cm³/mol. The normalized spacial score (nSPS) is 47.2. The number of carbonyl (C=O) groups is 1. The van der Waals surface area contributed by atoms with Gasteiger partial charge >= 0.3 is 0 Å². The lowest BCUT2D eigenvalue weighted by Crippen LogP contribution is -2.64. The van der Waals surface area contributed by atoms with Crippen molar-refractivity contribution in [1.82, 2.24) is 5.32 Å². The molecule has 2 aliphatic heterocycles. The van der Waals surface area contributed by atoms with Crippen LogP contribution in [-0.4, -0.2) is 85.7 Å². The molecule has 0 aromatic rings. The predicted octanol–water partition coefficient (Wildman–Crippen LogP) is 5.14. The average molecular weight is 729 g/mol. The second kappa shape index (κ2) is 13.9. The molecule has 0 amide bonds. The summed E-state index contributed by atoms with van der Waals surface area (Å²) in [5.74, 6) is 0.957. The molecule has 0 radical (unpaired) electrons. The number of piperidine rings is 1. The van der Waals surface area contributed by atoms with E-state index in [1.807, 2.05) is 13.8 Å². The summed E-state index contributed by atoms with van der Waals surface area (Å²) in [5.41, 5.74) is 1.21. The van der Waals surface area contributed by atoms with Crippen molar-refractivity contribution < 1.29 is 35.1 Å². The minimum atomic E-state index is -1.39. The highest BCUT2D eigenvalue weighted by Gasteiger charge is 2.74. The van der Waals surface area contributed by atoms with Crippen molar-refractivity contribution in [1.29, 1.82) is 0 Å². The molecule has 52 heavy (non-hydrogen) atoms. The van der Waals surface area contributed by atoms with Gasteiger partial charge in [-0.25, -0.2) is 0 Å². The lowest BCUT2D eigenvalue weighted by atomic mass is 9.42. The van der Waals surface area contributed by atoms with Gasteiger partial charge < -0.3 is 41.3 Å². The van der Waals surface area contributed by atoms with Gasteiger partial charge in [0, 0.05) is 16.7 Å². The molecule has 8 N–H and O–H groups in total. The highest BCUT2D eigenvalue weighted by Crippen LogP contribution is 2.71. The number of nitrogens with two attached hydrogens (primary N) is 1. The van der Waals surface area contributed by atoms with Gasteiger partial charge in [0.15, 0.2) is 5.78 Å². The van der Waals surface area contributed by atoms with Gasteiger partial charge in [-0.3, -0.25) is 4.79 Å². The quantitative estimate of drug-likeness (QED) is 0.143. The van der Waals surface area contributed by atoms with E-state index in [1.165, 1.54) is 32.1 Å². The molecule has 0 bridgehead atoms. The van der Waals surface area contributed by atoms with Crippen molar-refractivity contribution in [3.63, 3.8) is 0 Å². The summed E-state index contributed by atoms with van der Waals surface area (Å²) in [6.07, 6.45) is 15.8. The molecule has 5 aliphatic carbocycles. The molecule has 2 saturated heterocycles. The van der Waals surface area contributed by atoms with Crippen LogP contribution < -0.4 is 11.1 Å². The van der Waals surface area contributed by atoms with Crippen molar-refractivity contribution in [3.8, 4) is 0 Å². The SMILES string of the molecule is CC(O)(C1OC1C(C)(O)C(C)(CO)CCC1CCNC(N)C1)C1CCC2(O)C3=CC(=O)C4CC(O)CCC4(C)C3C(CCC3CCCCC3)CC12C. The third-order valence-electron chi connectivity index (χ3n) is 17.4. The van der Waals surface area contributed by atoms with E-state index in [9.17, 15) is 30.3 Å². The number of rotatable bonds is 11. The molecule has 0 aromatic heterocycles. The molecule has 7 rings (SSSR count). The number of aliphatic hydroxyl groups excluding tert-OH is 2. The number of allylic oxidation sites excluding steroid dienone is 1. The Morgan fingerprint density at radius 1 is 0.942 bits per heavy atom. The second-order valence-corrected chi connectivity index (χ2v) is 20.4. The van der Waals surface area contributed by atoms with Crippen LogP contribution in [0, 0.1) is 51.8 Å². The van der Waals surface area contributed by atoms with Crippen LogP contribution >= 0.6 is 0 Å². The number of epoxide rings is 1. The van der Waals surface area contributed by atoms with Gasteiger partial charge in [0.05, 0.1) is 35.7 Å². The van der Waals surface area contributed by atoms with Crippen LogP contribution in [0.3, 0.4) is 0 Å².